The molecule has 0 radical (unpaired) electrons. The van der Waals surface area contributed by atoms with Crippen molar-refractivity contribution in [2.75, 3.05) is 0 Å². The van der Waals surface area contributed by atoms with Crippen molar-refractivity contribution in [1.29, 1.82) is 0 Å². The smallest absolute Gasteiger partial charge is 0.296 e. The van der Waals surface area contributed by atoms with Gasteiger partial charge in [-0.05, 0) is 53.8 Å². The third-order valence-corrected chi connectivity index (χ3v) is 6.84. The van der Waals surface area contributed by atoms with Gasteiger partial charge in [-0.1, -0.05) is 66.2 Å². The van der Waals surface area contributed by atoms with Crippen LogP contribution in [0.4, 0.5) is 0 Å². The number of carbonyl (C=O) groups excluding carboxylic acids is 2. The molecule has 0 bridgehead atoms. The standard InChI is InChI=1S/C27H25BrN2O3/c1-16(2)18-7-9-19(10-8-18)24-23(25(31)20-11-12-22(28)17(3)14-20)26(32)27(33)30(24)15-21-6-4-5-13-29-21/h4-14,16,24,31H,15H2,1-3H3/b25-23-. The molecule has 5 nitrogen and oxygen atoms in total. The molecule has 6 heteroatoms. The third-order valence-electron chi connectivity index (χ3n) is 5.95. The summed E-state index contributed by atoms with van der Waals surface area (Å²) >= 11 is 3.46. The van der Waals surface area contributed by atoms with Gasteiger partial charge in [-0.3, -0.25) is 14.6 Å². The summed E-state index contributed by atoms with van der Waals surface area (Å²) in [4.78, 5) is 32.1. The molecule has 2 aromatic carbocycles. The number of aromatic nitrogens is 1. The second-order valence-corrected chi connectivity index (χ2v) is 9.39. The van der Waals surface area contributed by atoms with Crippen LogP contribution >= 0.6 is 15.9 Å². The molecule has 1 amide bonds. The van der Waals surface area contributed by atoms with E-state index < -0.39 is 17.7 Å². The van der Waals surface area contributed by atoms with Crippen molar-refractivity contribution in [3.8, 4) is 0 Å². The van der Waals surface area contributed by atoms with Crippen molar-refractivity contribution in [2.45, 2.75) is 39.3 Å². The molecule has 3 aromatic rings. The largest absolute Gasteiger partial charge is 0.507 e. The van der Waals surface area contributed by atoms with Crippen LogP contribution in [-0.4, -0.2) is 26.7 Å². The van der Waals surface area contributed by atoms with E-state index in [1.807, 2.05) is 49.4 Å². The summed E-state index contributed by atoms with van der Waals surface area (Å²) in [5, 5.41) is 11.2. The first-order valence-corrected chi connectivity index (χ1v) is 11.6. The van der Waals surface area contributed by atoms with Crippen LogP contribution in [0.15, 0.2) is 76.9 Å². The number of rotatable bonds is 5. The van der Waals surface area contributed by atoms with Crippen LogP contribution in [0.3, 0.4) is 0 Å². The van der Waals surface area contributed by atoms with Gasteiger partial charge in [0.15, 0.2) is 0 Å². The zero-order chi connectivity index (χ0) is 23.7. The van der Waals surface area contributed by atoms with Crippen LogP contribution in [0.1, 0.15) is 53.8 Å². The van der Waals surface area contributed by atoms with E-state index >= 15 is 0 Å². The highest BCUT2D eigenvalue weighted by molar-refractivity contribution is 9.10. The van der Waals surface area contributed by atoms with E-state index in [2.05, 4.69) is 34.8 Å². The topological polar surface area (TPSA) is 70.5 Å². The molecule has 1 aromatic heterocycles. The number of aliphatic hydroxyl groups is 1. The Balaban J connectivity index is 1.86. The summed E-state index contributed by atoms with van der Waals surface area (Å²) < 4.78 is 0.899. The highest BCUT2D eigenvalue weighted by atomic mass is 79.9. The predicted molar refractivity (Wildman–Crippen MR) is 131 cm³/mol. The van der Waals surface area contributed by atoms with Crippen LogP contribution in [0.5, 0.6) is 0 Å². The van der Waals surface area contributed by atoms with Crippen LogP contribution < -0.4 is 0 Å². The molecule has 168 valence electrons. The fraction of sp³-hybridized carbons (Fsp3) is 0.222. The van der Waals surface area contributed by atoms with Crippen molar-refractivity contribution in [2.24, 2.45) is 0 Å². The first-order chi connectivity index (χ1) is 15.8. The minimum Gasteiger partial charge on any atom is -0.507 e. The van der Waals surface area contributed by atoms with E-state index in [9.17, 15) is 14.7 Å². The van der Waals surface area contributed by atoms with Gasteiger partial charge in [0, 0.05) is 16.2 Å². The maximum atomic E-state index is 13.2. The number of aryl methyl sites for hydroxylation is 1. The van der Waals surface area contributed by atoms with Crippen LogP contribution in [0.2, 0.25) is 0 Å². The number of Topliss-reactive ketones (excluding diaryl/α,β-unsaturated/α-hetero) is 1. The molecular formula is C27H25BrN2O3. The summed E-state index contributed by atoms with van der Waals surface area (Å²) in [7, 11) is 0. The van der Waals surface area contributed by atoms with Gasteiger partial charge in [-0.15, -0.1) is 0 Å². The first kappa shape index (κ1) is 22.9. The third kappa shape index (κ3) is 4.48. The molecular weight excluding hydrogens is 480 g/mol. The molecule has 1 atom stereocenters. The van der Waals surface area contributed by atoms with Gasteiger partial charge < -0.3 is 10.0 Å². The maximum absolute atomic E-state index is 13.2. The van der Waals surface area contributed by atoms with Crippen LogP contribution in [0, 0.1) is 6.92 Å². The first-order valence-electron chi connectivity index (χ1n) is 10.8. The quantitative estimate of drug-likeness (QED) is 0.266. The normalized spacial score (nSPS) is 17.7. The number of amides is 1. The van der Waals surface area contributed by atoms with Gasteiger partial charge >= 0.3 is 0 Å². The Kier molecular flexibility index (Phi) is 6.47. The molecule has 33 heavy (non-hydrogen) atoms. The number of benzene rings is 2. The molecule has 0 spiro atoms. The number of likely N-dealkylation sites (tertiary alicyclic amines) is 1. The molecule has 0 saturated carbocycles. The van der Waals surface area contributed by atoms with Crippen molar-refractivity contribution in [3.63, 3.8) is 0 Å². The lowest BCUT2D eigenvalue weighted by atomic mass is 9.93. The monoisotopic (exact) mass is 504 g/mol. The second kappa shape index (κ2) is 9.32. The van der Waals surface area contributed by atoms with Gasteiger partial charge in [-0.2, -0.15) is 0 Å². The van der Waals surface area contributed by atoms with Crippen molar-refractivity contribution < 1.29 is 14.7 Å². The lowest BCUT2D eigenvalue weighted by Crippen LogP contribution is -2.29. The Bertz CT molecular complexity index is 1230. The van der Waals surface area contributed by atoms with Gasteiger partial charge in [0.25, 0.3) is 11.7 Å². The van der Waals surface area contributed by atoms with E-state index in [4.69, 9.17) is 0 Å². The SMILES string of the molecule is Cc1cc(/C(O)=C2/C(=O)C(=O)N(Cc3ccccn3)C2c2ccc(C(C)C)cc2)ccc1Br. The summed E-state index contributed by atoms with van der Waals surface area (Å²) in [6.07, 6.45) is 1.66. The Morgan fingerprint density at radius 2 is 1.82 bits per heavy atom. The summed E-state index contributed by atoms with van der Waals surface area (Å²) in [6, 6.07) is 18.0. The van der Waals surface area contributed by atoms with Crippen molar-refractivity contribution >= 4 is 33.4 Å². The lowest BCUT2D eigenvalue weighted by Gasteiger charge is -2.25. The number of pyridine rings is 1. The summed E-state index contributed by atoms with van der Waals surface area (Å²) in [5.74, 6) is -1.16. The van der Waals surface area contributed by atoms with E-state index in [-0.39, 0.29) is 17.9 Å². The molecule has 1 fully saturated rings. The average Bonchev–Trinajstić information content (AvgIpc) is 3.06. The van der Waals surface area contributed by atoms with Gasteiger partial charge in [0.1, 0.15) is 5.76 Å². The van der Waals surface area contributed by atoms with E-state index in [0.29, 0.717) is 17.2 Å². The number of aliphatic hydroxyl groups excluding tert-OH is 1. The number of carbonyl (C=O) groups is 2. The Morgan fingerprint density at radius 3 is 2.42 bits per heavy atom. The van der Waals surface area contributed by atoms with Crippen LogP contribution in [-0.2, 0) is 16.1 Å². The highest BCUT2D eigenvalue weighted by Crippen LogP contribution is 2.40. The molecule has 1 N–H and O–H groups in total. The molecule has 1 aliphatic rings. The molecule has 4 rings (SSSR count). The second-order valence-electron chi connectivity index (χ2n) is 8.53. The van der Waals surface area contributed by atoms with Crippen molar-refractivity contribution in [1.82, 2.24) is 9.88 Å². The van der Waals surface area contributed by atoms with Gasteiger partial charge in [-0.25, -0.2) is 0 Å². The zero-order valence-corrected chi connectivity index (χ0v) is 20.3. The van der Waals surface area contributed by atoms with Gasteiger partial charge in [0.2, 0.25) is 0 Å². The Morgan fingerprint density at radius 1 is 1.09 bits per heavy atom. The highest BCUT2D eigenvalue weighted by Gasteiger charge is 2.46. The summed E-state index contributed by atoms with van der Waals surface area (Å²) in [5.41, 5.74) is 4.10. The fourth-order valence-corrected chi connectivity index (χ4v) is 4.31. The molecule has 1 saturated heterocycles. The molecule has 2 heterocycles. The van der Waals surface area contributed by atoms with Crippen molar-refractivity contribution in [3.05, 3.63) is 105 Å². The minimum atomic E-state index is -0.711. The fourth-order valence-electron chi connectivity index (χ4n) is 4.07. The lowest BCUT2D eigenvalue weighted by molar-refractivity contribution is -0.140. The number of hydrogen-bond donors (Lipinski definition) is 1. The maximum Gasteiger partial charge on any atom is 0.296 e. The van der Waals surface area contributed by atoms with E-state index in [1.54, 1.807) is 24.4 Å². The van der Waals surface area contributed by atoms with Crippen LogP contribution in [0.25, 0.3) is 5.76 Å². The van der Waals surface area contributed by atoms with Gasteiger partial charge in [0.05, 0.1) is 23.9 Å². The molecule has 1 unspecified atom stereocenters. The van der Waals surface area contributed by atoms with E-state index in [1.165, 1.54) is 4.90 Å². The zero-order valence-electron chi connectivity index (χ0n) is 18.7. The summed E-state index contributed by atoms with van der Waals surface area (Å²) in [6.45, 7) is 6.29. The number of halogens is 1. The Labute approximate surface area is 201 Å². The number of hydrogen-bond acceptors (Lipinski definition) is 4. The average molecular weight is 505 g/mol. The number of nitrogens with zero attached hydrogens (tertiary/aromatic N) is 2. The molecule has 1 aliphatic heterocycles. The minimum absolute atomic E-state index is 0.0925. The number of ketones is 1. The predicted octanol–water partition coefficient (Wildman–Crippen LogP) is 5.90. The van der Waals surface area contributed by atoms with E-state index in [0.717, 1.165) is 21.2 Å². The Hall–Kier alpha value is -3.25. The molecule has 0 aliphatic carbocycles.